The summed E-state index contributed by atoms with van der Waals surface area (Å²) in [7, 11) is 3.07. The molecule has 3 rings (SSSR count). The Morgan fingerprint density at radius 3 is 2.57 bits per heavy atom. The van der Waals surface area contributed by atoms with Crippen molar-refractivity contribution in [2.75, 3.05) is 11.6 Å². The lowest BCUT2D eigenvalue weighted by Gasteiger charge is -2.10. The second kappa shape index (κ2) is 8.98. The molecule has 2 heterocycles. The van der Waals surface area contributed by atoms with Crippen LogP contribution < -0.4 is 11.2 Å². The number of aromatic nitrogens is 4. The van der Waals surface area contributed by atoms with Gasteiger partial charge in [-0.1, -0.05) is 42.1 Å². The third-order valence-corrected chi connectivity index (χ3v) is 6.06. The van der Waals surface area contributed by atoms with Crippen molar-refractivity contribution < 1.29 is 5.11 Å². The minimum Gasteiger partial charge on any atom is -0.391 e. The van der Waals surface area contributed by atoms with Gasteiger partial charge in [-0.05, 0) is 18.4 Å². The van der Waals surface area contributed by atoms with E-state index in [2.05, 4.69) is 17.1 Å². The number of alkyl halides is 1. The molecule has 0 aliphatic rings. The number of aliphatic hydroxyl groups excluding tert-OH is 1. The Bertz CT molecular complexity index is 1070. The number of benzene rings is 1. The lowest BCUT2D eigenvalue weighted by Crippen LogP contribution is -2.37. The third-order valence-electron chi connectivity index (χ3n) is 4.59. The van der Waals surface area contributed by atoms with E-state index in [1.54, 1.807) is 7.05 Å². The molecule has 9 heteroatoms. The number of halogens is 1. The van der Waals surface area contributed by atoms with Crippen molar-refractivity contribution >= 4 is 34.5 Å². The van der Waals surface area contributed by atoms with Gasteiger partial charge in [-0.25, -0.2) is 9.78 Å². The number of rotatable bonds is 8. The van der Waals surface area contributed by atoms with Crippen LogP contribution in [0.25, 0.3) is 11.2 Å². The maximum atomic E-state index is 12.8. The molecule has 150 valence electrons. The molecule has 0 spiro atoms. The van der Waals surface area contributed by atoms with Crippen LogP contribution in [0.1, 0.15) is 12.0 Å². The molecule has 7 nitrogen and oxygen atoms in total. The predicted molar refractivity (Wildman–Crippen MR) is 112 cm³/mol. The summed E-state index contributed by atoms with van der Waals surface area (Å²) in [6.07, 6.45) is 1.00. The number of aliphatic hydroxyl groups is 1. The fourth-order valence-corrected chi connectivity index (χ4v) is 4.23. The fraction of sp³-hybridized carbons (Fsp3) is 0.421. The summed E-state index contributed by atoms with van der Waals surface area (Å²) in [5.74, 6) is 0.487. The summed E-state index contributed by atoms with van der Waals surface area (Å²) in [6.45, 7) is 0.581. The molecule has 0 fully saturated rings. The van der Waals surface area contributed by atoms with Crippen LogP contribution in [0.4, 0.5) is 0 Å². The second-order valence-electron chi connectivity index (χ2n) is 6.63. The maximum absolute atomic E-state index is 12.8. The van der Waals surface area contributed by atoms with E-state index in [1.807, 2.05) is 22.8 Å². The average molecular weight is 423 g/mol. The molecule has 0 amide bonds. The molecule has 1 unspecified atom stereocenters. The molecule has 0 aliphatic heterocycles. The van der Waals surface area contributed by atoms with Gasteiger partial charge >= 0.3 is 5.69 Å². The number of fused-ring (bicyclic) bond motifs is 1. The molecule has 0 aliphatic carbocycles. The number of imidazole rings is 1. The topological polar surface area (TPSA) is 82.1 Å². The van der Waals surface area contributed by atoms with Gasteiger partial charge in [0.15, 0.2) is 16.3 Å². The van der Waals surface area contributed by atoms with Crippen LogP contribution in [0.15, 0.2) is 45.1 Å². The predicted octanol–water partition coefficient (Wildman–Crippen LogP) is 1.76. The number of hydrogen-bond acceptors (Lipinski definition) is 5. The highest BCUT2D eigenvalue weighted by Gasteiger charge is 2.20. The van der Waals surface area contributed by atoms with E-state index in [4.69, 9.17) is 11.6 Å². The van der Waals surface area contributed by atoms with Gasteiger partial charge in [-0.3, -0.25) is 13.9 Å². The van der Waals surface area contributed by atoms with E-state index in [1.165, 1.54) is 28.9 Å². The molecule has 1 aromatic carbocycles. The molecule has 1 atom stereocenters. The zero-order valence-electron chi connectivity index (χ0n) is 15.8. The monoisotopic (exact) mass is 422 g/mol. The first kappa shape index (κ1) is 20.7. The Morgan fingerprint density at radius 1 is 1.18 bits per heavy atom. The number of aryl methyl sites for hydroxylation is 3. The largest absolute Gasteiger partial charge is 0.391 e. The Balaban J connectivity index is 1.98. The average Bonchev–Trinajstić information content (AvgIpc) is 3.08. The molecule has 1 N–H and O–H groups in total. The van der Waals surface area contributed by atoms with Crippen molar-refractivity contribution in [3.63, 3.8) is 0 Å². The maximum Gasteiger partial charge on any atom is 0.332 e. The molecule has 3 aromatic rings. The van der Waals surface area contributed by atoms with Crippen LogP contribution in [0.5, 0.6) is 0 Å². The van der Waals surface area contributed by atoms with Crippen LogP contribution in [0, 0.1) is 0 Å². The summed E-state index contributed by atoms with van der Waals surface area (Å²) >= 11 is 7.03. The molecule has 0 saturated carbocycles. The Hall–Kier alpha value is -2.03. The van der Waals surface area contributed by atoms with Gasteiger partial charge in [0.05, 0.1) is 6.10 Å². The minimum atomic E-state index is -0.670. The van der Waals surface area contributed by atoms with Crippen molar-refractivity contribution in [2.24, 2.45) is 14.1 Å². The highest BCUT2D eigenvalue weighted by molar-refractivity contribution is 7.99. The van der Waals surface area contributed by atoms with Crippen LogP contribution in [-0.4, -0.2) is 41.5 Å². The summed E-state index contributed by atoms with van der Waals surface area (Å²) in [5, 5.41) is 10.4. The fourth-order valence-electron chi connectivity index (χ4n) is 3.05. The van der Waals surface area contributed by atoms with Crippen molar-refractivity contribution in [1.29, 1.82) is 0 Å². The lowest BCUT2D eigenvalue weighted by molar-refractivity contribution is 0.223. The summed E-state index contributed by atoms with van der Waals surface area (Å²) in [5.41, 5.74) is 1.20. The Morgan fingerprint density at radius 2 is 1.89 bits per heavy atom. The van der Waals surface area contributed by atoms with Gasteiger partial charge in [0.2, 0.25) is 0 Å². The zero-order valence-corrected chi connectivity index (χ0v) is 17.4. The highest BCUT2D eigenvalue weighted by atomic mass is 35.5. The number of nitrogens with zero attached hydrogens (tertiary/aromatic N) is 4. The van der Waals surface area contributed by atoms with E-state index < -0.39 is 11.8 Å². The van der Waals surface area contributed by atoms with E-state index in [9.17, 15) is 14.7 Å². The molecule has 0 radical (unpaired) electrons. The second-order valence-corrected chi connectivity index (χ2v) is 7.93. The molecule has 0 bridgehead atoms. The molecule has 0 saturated heterocycles. The first-order valence-electron chi connectivity index (χ1n) is 9.01. The van der Waals surface area contributed by atoms with Gasteiger partial charge in [-0.2, -0.15) is 0 Å². The van der Waals surface area contributed by atoms with Crippen LogP contribution in [0.3, 0.4) is 0 Å². The summed E-state index contributed by atoms with van der Waals surface area (Å²) in [4.78, 5) is 29.5. The van der Waals surface area contributed by atoms with Crippen LogP contribution in [-0.2, 0) is 27.1 Å². The lowest BCUT2D eigenvalue weighted by atomic mass is 10.1. The van der Waals surface area contributed by atoms with E-state index in [-0.39, 0.29) is 11.4 Å². The van der Waals surface area contributed by atoms with Crippen LogP contribution in [0.2, 0.25) is 0 Å². The zero-order chi connectivity index (χ0) is 20.3. The Kier molecular flexibility index (Phi) is 6.64. The van der Waals surface area contributed by atoms with Crippen molar-refractivity contribution in [3.8, 4) is 0 Å². The van der Waals surface area contributed by atoms with Crippen LogP contribution >= 0.6 is 23.4 Å². The SMILES string of the molecule is Cn1c(=O)c2c(nc(SCC(O)CCl)n2CCCc2ccccc2)n(C)c1=O. The Labute approximate surface area is 171 Å². The minimum absolute atomic E-state index is 0.126. The summed E-state index contributed by atoms with van der Waals surface area (Å²) < 4.78 is 4.33. The van der Waals surface area contributed by atoms with Gasteiger partial charge in [-0.15, -0.1) is 11.6 Å². The van der Waals surface area contributed by atoms with Gasteiger partial charge in [0.1, 0.15) is 0 Å². The quantitative estimate of drug-likeness (QED) is 0.442. The number of hydrogen-bond donors (Lipinski definition) is 1. The number of thioether (sulfide) groups is 1. The highest BCUT2D eigenvalue weighted by Crippen LogP contribution is 2.23. The van der Waals surface area contributed by atoms with Crippen molar-refractivity contribution in [2.45, 2.75) is 30.6 Å². The molecule has 2 aromatic heterocycles. The van der Waals surface area contributed by atoms with E-state index in [0.717, 1.165) is 17.4 Å². The van der Waals surface area contributed by atoms with Gasteiger partial charge < -0.3 is 9.67 Å². The first-order chi connectivity index (χ1) is 13.4. The molecular weight excluding hydrogens is 400 g/mol. The van der Waals surface area contributed by atoms with Crippen molar-refractivity contribution in [1.82, 2.24) is 18.7 Å². The van der Waals surface area contributed by atoms with Gasteiger partial charge in [0.25, 0.3) is 5.56 Å². The van der Waals surface area contributed by atoms with Crippen molar-refractivity contribution in [3.05, 3.63) is 56.7 Å². The van der Waals surface area contributed by atoms with E-state index in [0.29, 0.717) is 28.6 Å². The van der Waals surface area contributed by atoms with Gasteiger partial charge in [0, 0.05) is 32.3 Å². The molecular formula is C19H23ClN4O3S. The smallest absolute Gasteiger partial charge is 0.332 e. The standard InChI is InChI=1S/C19H23ClN4O3S/c1-22-16-15(17(26)23(2)19(22)27)24(18(21-16)28-12-14(25)11-20)10-6-9-13-7-4-3-5-8-13/h3-5,7-8,14,25H,6,9-12H2,1-2H3. The normalized spacial score (nSPS) is 12.6. The third kappa shape index (κ3) is 4.19. The van der Waals surface area contributed by atoms with E-state index >= 15 is 0 Å². The first-order valence-corrected chi connectivity index (χ1v) is 10.5. The summed E-state index contributed by atoms with van der Waals surface area (Å²) in [6, 6.07) is 10.1. The molecule has 28 heavy (non-hydrogen) atoms.